The molecule has 1 N–H and O–H groups in total. The van der Waals surface area contributed by atoms with Gasteiger partial charge in [-0.1, -0.05) is 35.9 Å². The van der Waals surface area contributed by atoms with E-state index in [0.29, 0.717) is 17.0 Å². The number of ether oxygens (including phenoxy) is 2. The number of esters is 2. The van der Waals surface area contributed by atoms with Crippen molar-refractivity contribution in [1.82, 2.24) is 5.32 Å². The maximum atomic E-state index is 13.1. The van der Waals surface area contributed by atoms with Gasteiger partial charge in [-0.05, 0) is 62.6 Å². The van der Waals surface area contributed by atoms with E-state index >= 15 is 0 Å². The molecule has 8 heteroatoms. The highest BCUT2D eigenvalue weighted by molar-refractivity contribution is 6.30. The molecule has 1 saturated heterocycles. The van der Waals surface area contributed by atoms with Crippen LogP contribution in [-0.2, 0) is 30.3 Å². The van der Waals surface area contributed by atoms with Crippen LogP contribution in [0, 0.1) is 11.3 Å². The van der Waals surface area contributed by atoms with Crippen molar-refractivity contribution in [3.63, 3.8) is 0 Å². The second-order valence-corrected chi connectivity index (χ2v) is 9.32. The first kappa shape index (κ1) is 25.3. The Hall–Kier alpha value is -3.37. The first-order valence-electron chi connectivity index (χ1n) is 11.1. The van der Waals surface area contributed by atoms with Crippen molar-refractivity contribution in [3.05, 3.63) is 70.2 Å². The second-order valence-electron chi connectivity index (χ2n) is 8.89. The van der Waals surface area contributed by atoms with E-state index in [1.807, 2.05) is 37.3 Å². The van der Waals surface area contributed by atoms with Crippen LogP contribution in [-0.4, -0.2) is 35.6 Å². The molecule has 0 saturated carbocycles. The number of rotatable bonds is 8. The average molecular weight is 483 g/mol. The molecule has 178 valence electrons. The minimum Gasteiger partial charge on any atom is -0.450 e. The van der Waals surface area contributed by atoms with Gasteiger partial charge in [0.1, 0.15) is 0 Å². The fourth-order valence-electron chi connectivity index (χ4n) is 3.83. The second kappa shape index (κ2) is 10.7. The maximum Gasteiger partial charge on any atom is 0.348 e. The van der Waals surface area contributed by atoms with Gasteiger partial charge in [0.05, 0.1) is 11.6 Å². The number of cyclic esters (lactones) is 1. The van der Waals surface area contributed by atoms with E-state index in [4.69, 9.17) is 21.1 Å². The Morgan fingerprint density at radius 1 is 1.26 bits per heavy atom. The molecule has 0 radical (unpaired) electrons. The molecular formula is C26H27ClN2O5. The van der Waals surface area contributed by atoms with Crippen molar-refractivity contribution in [2.45, 2.75) is 63.7 Å². The number of nitrogens with one attached hydrogen (secondary N) is 1. The monoisotopic (exact) mass is 482 g/mol. The van der Waals surface area contributed by atoms with Crippen LogP contribution in [0.15, 0.2) is 48.5 Å². The maximum absolute atomic E-state index is 13.1. The van der Waals surface area contributed by atoms with E-state index in [2.05, 4.69) is 11.4 Å². The predicted molar refractivity (Wildman–Crippen MR) is 126 cm³/mol. The molecule has 1 amide bonds. The molecule has 1 aliphatic rings. The summed E-state index contributed by atoms with van der Waals surface area (Å²) in [5.74, 6) is -1.84. The summed E-state index contributed by atoms with van der Waals surface area (Å²) in [6.07, 6.45) is -0.00335. The normalized spacial score (nSPS) is 17.3. The zero-order chi connectivity index (χ0) is 24.9. The lowest BCUT2D eigenvalue weighted by molar-refractivity contribution is -0.176. The molecule has 0 spiro atoms. The van der Waals surface area contributed by atoms with Crippen LogP contribution in [0.1, 0.15) is 56.2 Å². The Morgan fingerprint density at radius 3 is 2.59 bits per heavy atom. The number of carbonyl (C=O) groups is 3. The molecule has 2 aromatic rings. The Balaban J connectivity index is 1.76. The molecule has 0 aliphatic carbocycles. The molecule has 0 unspecified atom stereocenters. The van der Waals surface area contributed by atoms with Crippen LogP contribution in [0.4, 0.5) is 0 Å². The molecule has 34 heavy (non-hydrogen) atoms. The molecule has 2 aromatic carbocycles. The highest BCUT2D eigenvalue weighted by Crippen LogP contribution is 2.27. The summed E-state index contributed by atoms with van der Waals surface area (Å²) in [6, 6.07) is 16.5. The SMILES string of the molecule is C[C@H](NC(=O)C(C)(C)OC(=O)[C@H]1CCC(=O)O1)[C@@H](Cc1ccc(Cl)cc1)c1cccc(C#N)c1. The Morgan fingerprint density at radius 2 is 1.97 bits per heavy atom. The van der Waals surface area contributed by atoms with Gasteiger partial charge in [0, 0.05) is 29.8 Å². The number of hydrogen-bond donors (Lipinski definition) is 1. The van der Waals surface area contributed by atoms with Gasteiger partial charge in [-0.3, -0.25) is 9.59 Å². The molecule has 1 heterocycles. The van der Waals surface area contributed by atoms with E-state index in [-0.39, 0.29) is 24.8 Å². The third-order valence-electron chi connectivity index (χ3n) is 5.82. The number of halogens is 1. The van der Waals surface area contributed by atoms with Gasteiger partial charge in [0.2, 0.25) is 0 Å². The summed E-state index contributed by atoms with van der Waals surface area (Å²) in [7, 11) is 0. The van der Waals surface area contributed by atoms with E-state index in [0.717, 1.165) is 11.1 Å². The van der Waals surface area contributed by atoms with Gasteiger partial charge in [-0.15, -0.1) is 0 Å². The van der Waals surface area contributed by atoms with Crippen LogP contribution in [0.25, 0.3) is 0 Å². The fourth-order valence-corrected chi connectivity index (χ4v) is 3.96. The minimum atomic E-state index is -1.47. The van der Waals surface area contributed by atoms with E-state index in [1.165, 1.54) is 13.8 Å². The van der Waals surface area contributed by atoms with Gasteiger partial charge in [0.15, 0.2) is 11.7 Å². The molecule has 0 aromatic heterocycles. The smallest absolute Gasteiger partial charge is 0.348 e. The summed E-state index contributed by atoms with van der Waals surface area (Å²) in [5, 5.41) is 12.9. The Bertz CT molecular complexity index is 1110. The van der Waals surface area contributed by atoms with Crippen molar-refractivity contribution in [3.8, 4) is 6.07 Å². The van der Waals surface area contributed by atoms with Crippen molar-refractivity contribution in [2.75, 3.05) is 0 Å². The third kappa shape index (κ3) is 6.36. The fraction of sp³-hybridized carbons (Fsp3) is 0.385. The van der Waals surface area contributed by atoms with Crippen molar-refractivity contribution in [2.24, 2.45) is 0 Å². The van der Waals surface area contributed by atoms with Crippen LogP contribution < -0.4 is 5.32 Å². The highest BCUT2D eigenvalue weighted by atomic mass is 35.5. The molecule has 7 nitrogen and oxygen atoms in total. The molecule has 0 bridgehead atoms. The Labute approximate surface area is 204 Å². The van der Waals surface area contributed by atoms with Crippen LogP contribution >= 0.6 is 11.6 Å². The quantitative estimate of drug-likeness (QED) is 0.568. The summed E-state index contributed by atoms with van der Waals surface area (Å²) >= 11 is 6.02. The first-order chi connectivity index (χ1) is 16.1. The van der Waals surface area contributed by atoms with Gasteiger partial charge in [0.25, 0.3) is 5.91 Å². The van der Waals surface area contributed by atoms with Crippen LogP contribution in [0.2, 0.25) is 5.02 Å². The standard InChI is InChI=1S/C26H27ClN2O5/c1-16(29-25(32)26(2,3)34-24(31)22-11-12-23(30)33-22)21(14-17-7-9-20(27)10-8-17)19-6-4-5-18(13-19)15-28/h4-10,13,16,21-22H,11-12,14H2,1-3H3,(H,29,32)/t16-,21+,22+/m0/s1. The van der Waals surface area contributed by atoms with Gasteiger partial charge >= 0.3 is 11.9 Å². The van der Waals surface area contributed by atoms with Gasteiger partial charge in [-0.2, -0.15) is 5.26 Å². The molecule has 3 atom stereocenters. The van der Waals surface area contributed by atoms with Crippen molar-refractivity contribution >= 4 is 29.4 Å². The number of nitriles is 1. The number of amides is 1. The third-order valence-corrected chi connectivity index (χ3v) is 6.08. The lowest BCUT2D eigenvalue weighted by Gasteiger charge is -2.31. The molecular weight excluding hydrogens is 456 g/mol. The van der Waals surface area contributed by atoms with Crippen molar-refractivity contribution in [1.29, 1.82) is 5.26 Å². The number of carbonyl (C=O) groups excluding carboxylic acids is 3. The largest absolute Gasteiger partial charge is 0.450 e. The summed E-state index contributed by atoms with van der Waals surface area (Å²) in [5.41, 5.74) is 0.971. The first-order valence-corrected chi connectivity index (χ1v) is 11.4. The molecule has 1 aliphatic heterocycles. The number of hydrogen-bond acceptors (Lipinski definition) is 6. The topological polar surface area (TPSA) is 105 Å². The number of benzene rings is 2. The Kier molecular flexibility index (Phi) is 7.95. The van der Waals surface area contributed by atoms with E-state index in [1.54, 1.807) is 18.2 Å². The summed E-state index contributed by atoms with van der Waals surface area (Å²) < 4.78 is 10.3. The van der Waals surface area contributed by atoms with Crippen molar-refractivity contribution < 1.29 is 23.9 Å². The lowest BCUT2D eigenvalue weighted by atomic mass is 9.85. The molecule has 1 fully saturated rings. The summed E-state index contributed by atoms with van der Waals surface area (Å²) in [6.45, 7) is 4.86. The van der Waals surface area contributed by atoms with E-state index in [9.17, 15) is 19.6 Å². The van der Waals surface area contributed by atoms with Crippen LogP contribution in [0.5, 0.6) is 0 Å². The van der Waals surface area contributed by atoms with Crippen LogP contribution in [0.3, 0.4) is 0 Å². The zero-order valence-corrected chi connectivity index (χ0v) is 20.1. The minimum absolute atomic E-state index is 0.150. The average Bonchev–Trinajstić information content (AvgIpc) is 3.24. The van der Waals surface area contributed by atoms with Gasteiger partial charge in [-0.25, -0.2) is 4.79 Å². The zero-order valence-electron chi connectivity index (χ0n) is 19.3. The summed E-state index contributed by atoms with van der Waals surface area (Å²) in [4.78, 5) is 36.7. The molecule has 3 rings (SSSR count). The van der Waals surface area contributed by atoms with E-state index < -0.39 is 29.6 Å². The lowest BCUT2D eigenvalue weighted by Crippen LogP contribution is -2.51. The highest BCUT2D eigenvalue weighted by Gasteiger charge is 2.39. The number of nitrogens with zero attached hydrogens (tertiary/aromatic N) is 1. The predicted octanol–water partition coefficient (Wildman–Crippen LogP) is 4.07. The van der Waals surface area contributed by atoms with Gasteiger partial charge < -0.3 is 14.8 Å².